The molecule has 1 saturated carbocycles. The van der Waals surface area contributed by atoms with Crippen molar-refractivity contribution < 1.29 is 23.8 Å². The van der Waals surface area contributed by atoms with E-state index in [0.717, 1.165) is 0 Å². The predicted octanol–water partition coefficient (Wildman–Crippen LogP) is 3.63. The second-order valence-electron chi connectivity index (χ2n) is 6.64. The lowest BCUT2D eigenvalue weighted by molar-refractivity contribution is -0.143. The molecular formula is C20H21FN2O4. The third kappa shape index (κ3) is 5.03. The van der Waals surface area contributed by atoms with Gasteiger partial charge in [0.25, 0.3) is 0 Å². The lowest BCUT2D eigenvalue weighted by atomic mass is 9.81. The molecule has 6 nitrogen and oxygen atoms in total. The zero-order chi connectivity index (χ0) is 19.2. The number of halogens is 1. The lowest BCUT2D eigenvalue weighted by Crippen LogP contribution is -2.30. The minimum atomic E-state index is -0.868. The Morgan fingerprint density at radius 3 is 2.74 bits per heavy atom. The van der Waals surface area contributed by atoms with Crippen molar-refractivity contribution in [3.63, 3.8) is 0 Å². The van der Waals surface area contributed by atoms with Crippen LogP contribution in [0.1, 0.15) is 31.4 Å². The molecule has 1 aliphatic carbocycles. The van der Waals surface area contributed by atoms with Gasteiger partial charge >= 0.3 is 5.97 Å². The molecule has 0 saturated heterocycles. The van der Waals surface area contributed by atoms with Crippen LogP contribution in [-0.2, 0) is 16.2 Å². The van der Waals surface area contributed by atoms with Crippen molar-refractivity contribution in [1.82, 2.24) is 4.98 Å². The maximum Gasteiger partial charge on any atom is 0.306 e. The fourth-order valence-corrected chi connectivity index (χ4v) is 3.23. The van der Waals surface area contributed by atoms with Gasteiger partial charge in [-0.2, -0.15) is 0 Å². The van der Waals surface area contributed by atoms with Crippen LogP contribution >= 0.6 is 0 Å². The highest BCUT2D eigenvalue weighted by Crippen LogP contribution is 2.30. The summed E-state index contributed by atoms with van der Waals surface area (Å²) in [6.45, 7) is 0.141. The first-order valence-electron chi connectivity index (χ1n) is 8.89. The summed E-state index contributed by atoms with van der Waals surface area (Å²) in [7, 11) is 0. The van der Waals surface area contributed by atoms with E-state index in [9.17, 15) is 14.0 Å². The Kier molecular flexibility index (Phi) is 6.01. The smallest absolute Gasteiger partial charge is 0.306 e. The fourth-order valence-electron chi connectivity index (χ4n) is 3.23. The SMILES string of the molecule is O=C(O)C1CCCC(C(=O)Nc2ccc(OCc3ccccn3)c(F)c2)C1. The molecule has 0 aliphatic heterocycles. The van der Waals surface area contributed by atoms with Gasteiger partial charge in [-0.05, 0) is 43.5 Å². The van der Waals surface area contributed by atoms with Crippen LogP contribution in [0.4, 0.5) is 10.1 Å². The molecule has 2 aromatic rings. The number of aromatic nitrogens is 1. The minimum Gasteiger partial charge on any atom is -0.484 e. The number of hydrogen-bond acceptors (Lipinski definition) is 4. The zero-order valence-corrected chi connectivity index (χ0v) is 14.7. The molecule has 2 N–H and O–H groups in total. The van der Waals surface area contributed by atoms with Gasteiger partial charge in [0.1, 0.15) is 6.61 Å². The molecule has 27 heavy (non-hydrogen) atoms. The monoisotopic (exact) mass is 372 g/mol. The summed E-state index contributed by atoms with van der Waals surface area (Å²) in [5.74, 6) is -2.52. The van der Waals surface area contributed by atoms with E-state index in [-0.39, 0.29) is 24.2 Å². The van der Waals surface area contributed by atoms with E-state index in [0.29, 0.717) is 37.1 Å². The third-order valence-electron chi connectivity index (χ3n) is 4.70. The number of nitrogens with zero attached hydrogens (tertiary/aromatic N) is 1. The highest BCUT2D eigenvalue weighted by Gasteiger charge is 2.31. The number of aliphatic carboxylic acids is 1. The first kappa shape index (κ1) is 18.8. The van der Waals surface area contributed by atoms with Crippen LogP contribution < -0.4 is 10.1 Å². The number of amides is 1. The first-order valence-corrected chi connectivity index (χ1v) is 8.89. The lowest BCUT2D eigenvalue weighted by Gasteiger charge is -2.25. The minimum absolute atomic E-state index is 0.0715. The van der Waals surface area contributed by atoms with Crippen molar-refractivity contribution in [2.24, 2.45) is 11.8 Å². The van der Waals surface area contributed by atoms with Gasteiger partial charge in [-0.15, -0.1) is 0 Å². The zero-order valence-electron chi connectivity index (χ0n) is 14.7. The number of ether oxygens (including phenoxy) is 1. The fraction of sp³-hybridized carbons (Fsp3) is 0.350. The van der Waals surface area contributed by atoms with Crippen molar-refractivity contribution in [3.8, 4) is 5.75 Å². The number of carbonyl (C=O) groups excluding carboxylic acids is 1. The van der Waals surface area contributed by atoms with Gasteiger partial charge in [-0.25, -0.2) is 4.39 Å². The summed E-state index contributed by atoms with van der Waals surface area (Å²) >= 11 is 0. The van der Waals surface area contributed by atoms with Crippen molar-refractivity contribution in [3.05, 3.63) is 54.1 Å². The number of nitrogens with one attached hydrogen (secondary N) is 1. The average molecular weight is 372 g/mol. The van der Waals surface area contributed by atoms with Crippen molar-refractivity contribution in [2.45, 2.75) is 32.3 Å². The molecule has 0 spiro atoms. The number of pyridine rings is 1. The largest absolute Gasteiger partial charge is 0.484 e. The van der Waals surface area contributed by atoms with E-state index < -0.39 is 17.7 Å². The summed E-state index contributed by atoms with van der Waals surface area (Å²) in [5, 5.41) is 11.8. The Balaban J connectivity index is 1.58. The Morgan fingerprint density at radius 2 is 2.04 bits per heavy atom. The molecule has 0 radical (unpaired) electrons. The second kappa shape index (κ2) is 8.62. The van der Waals surface area contributed by atoms with Gasteiger partial charge < -0.3 is 15.2 Å². The number of carboxylic acids is 1. The van der Waals surface area contributed by atoms with Crippen LogP contribution in [0.2, 0.25) is 0 Å². The van der Waals surface area contributed by atoms with Crippen LogP contribution in [0.5, 0.6) is 5.75 Å². The number of rotatable bonds is 6. The average Bonchev–Trinajstić information content (AvgIpc) is 2.68. The van der Waals surface area contributed by atoms with Gasteiger partial charge in [0.05, 0.1) is 11.6 Å². The molecule has 1 aliphatic rings. The molecule has 142 valence electrons. The van der Waals surface area contributed by atoms with E-state index in [2.05, 4.69) is 10.3 Å². The van der Waals surface area contributed by atoms with Crippen molar-refractivity contribution in [2.75, 3.05) is 5.32 Å². The van der Waals surface area contributed by atoms with E-state index >= 15 is 0 Å². The maximum atomic E-state index is 14.2. The molecule has 1 aromatic heterocycles. The van der Waals surface area contributed by atoms with Gasteiger partial charge in [0.15, 0.2) is 11.6 Å². The molecule has 1 amide bonds. The number of carbonyl (C=O) groups is 2. The Morgan fingerprint density at radius 1 is 1.22 bits per heavy atom. The van der Waals surface area contributed by atoms with Crippen molar-refractivity contribution >= 4 is 17.6 Å². The summed E-state index contributed by atoms with van der Waals surface area (Å²) in [4.78, 5) is 27.6. The Bertz CT molecular complexity index is 813. The van der Waals surface area contributed by atoms with Crippen molar-refractivity contribution in [1.29, 1.82) is 0 Å². The highest BCUT2D eigenvalue weighted by molar-refractivity contribution is 5.93. The van der Waals surface area contributed by atoms with Gasteiger partial charge in [0, 0.05) is 23.9 Å². The standard InChI is InChI=1S/C20H21FN2O4/c21-17-11-15(7-8-18(17)27-12-16-6-1-2-9-22-16)23-19(24)13-4-3-5-14(10-13)20(25)26/h1-2,6-9,11,13-14H,3-5,10,12H2,(H,23,24)(H,25,26). The van der Waals surface area contributed by atoms with Crippen LogP contribution in [0, 0.1) is 17.7 Å². The van der Waals surface area contributed by atoms with E-state index in [4.69, 9.17) is 9.84 Å². The Labute approximate surface area is 156 Å². The number of carboxylic acid groups (broad SMARTS) is 1. The molecule has 7 heteroatoms. The van der Waals surface area contributed by atoms with Gasteiger partial charge in [-0.3, -0.25) is 14.6 Å². The maximum absolute atomic E-state index is 14.2. The van der Waals surface area contributed by atoms with E-state index in [1.807, 2.05) is 6.07 Å². The summed E-state index contributed by atoms with van der Waals surface area (Å²) in [5.41, 5.74) is 1.000. The van der Waals surface area contributed by atoms with Gasteiger partial charge in [0.2, 0.25) is 5.91 Å². The van der Waals surface area contributed by atoms with E-state index in [1.54, 1.807) is 24.4 Å². The van der Waals surface area contributed by atoms with Gasteiger partial charge in [-0.1, -0.05) is 12.5 Å². The number of hydrogen-bond donors (Lipinski definition) is 2. The number of benzene rings is 1. The molecule has 2 atom stereocenters. The van der Waals surface area contributed by atoms with Crippen LogP contribution in [0.3, 0.4) is 0 Å². The summed E-state index contributed by atoms with van der Waals surface area (Å²) in [6.07, 6.45) is 3.88. The summed E-state index contributed by atoms with van der Waals surface area (Å²) in [6, 6.07) is 9.60. The van der Waals surface area contributed by atoms with Crippen LogP contribution in [0.25, 0.3) is 0 Å². The normalized spacial score (nSPS) is 19.3. The molecular weight excluding hydrogens is 351 g/mol. The molecule has 1 fully saturated rings. The summed E-state index contributed by atoms with van der Waals surface area (Å²) < 4.78 is 19.7. The molecule has 1 aromatic carbocycles. The molecule has 3 rings (SSSR count). The van der Waals surface area contributed by atoms with Crippen LogP contribution in [0.15, 0.2) is 42.6 Å². The second-order valence-corrected chi connectivity index (χ2v) is 6.64. The van der Waals surface area contributed by atoms with Crippen LogP contribution in [-0.4, -0.2) is 22.0 Å². The molecule has 2 unspecified atom stereocenters. The number of anilines is 1. The topological polar surface area (TPSA) is 88.5 Å². The predicted molar refractivity (Wildman–Crippen MR) is 96.7 cm³/mol. The molecule has 0 bridgehead atoms. The first-order chi connectivity index (χ1) is 13.0. The third-order valence-corrected chi connectivity index (χ3v) is 4.70. The van der Waals surface area contributed by atoms with E-state index in [1.165, 1.54) is 12.1 Å². The molecule has 1 heterocycles. The highest BCUT2D eigenvalue weighted by atomic mass is 19.1. The Hall–Kier alpha value is -2.96. The quantitative estimate of drug-likeness (QED) is 0.808.